The molecule has 3 nitrogen and oxygen atoms in total. The van der Waals surface area contributed by atoms with E-state index < -0.39 is 0 Å². The van der Waals surface area contributed by atoms with Crippen molar-refractivity contribution in [1.29, 1.82) is 0 Å². The van der Waals surface area contributed by atoms with Crippen molar-refractivity contribution in [3.63, 3.8) is 0 Å². The molecule has 0 aromatic heterocycles. The van der Waals surface area contributed by atoms with Gasteiger partial charge in [0.25, 0.3) is 0 Å². The molecular weight excluding hydrogens is 236 g/mol. The quantitative estimate of drug-likeness (QED) is 0.844. The summed E-state index contributed by atoms with van der Waals surface area (Å²) in [6.45, 7) is 4.22. The van der Waals surface area contributed by atoms with Gasteiger partial charge in [0.1, 0.15) is 5.75 Å². The van der Waals surface area contributed by atoms with E-state index in [0.717, 1.165) is 37.8 Å². The SMILES string of the molecule is COc1ccc(CNCC2CCNC2)cc1Cl. The summed E-state index contributed by atoms with van der Waals surface area (Å²) >= 11 is 6.07. The molecule has 1 aromatic rings. The highest BCUT2D eigenvalue weighted by Gasteiger charge is 2.13. The van der Waals surface area contributed by atoms with Gasteiger partial charge in [0, 0.05) is 6.54 Å². The first-order valence-electron chi connectivity index (χ1n) is 6.03. The Hall–Kier alpha value is -0.770. The van der Waals surface area contributed by atoms with Crippen molar-refractivity contribution >= 4 is 11.6 Å². The molecule has 1 saturated heterocycles. The third kappa shape index (κ3) is 3.60. The molecule has 2 rings (SSSR count). The summed E-state index contributed by atoms with van der Waals surface area (Å²) in [6.07, 6.45) is 1.27. The Bertz CT molecular complexity index is 364. The van der Waals surface area contributed by atoms with Crippen LogP contribution < -0.4 is 15.4 Å². The van der Waals surface area contributed by atoms with Crippen LogP contribution in [0, 0.1) is 5.92 Å². The Morgan fingerprint density at radius 3 is 3.06 bits per heavy atom. The predicted octanol–water partition coefficient (Wildman–Crippen LogP) is 2.05. The lowest BCUT2D eigenvalue weighted by atomic mass is 10.1. The largest absolute Gasteiger partial charge is 0.495 e. The van der Waals surface area contributed by atoms with Crippen molar-refractivity contribution in [1.82, 2.24) is 10.6 Å². The van der Waals surface area contributed by atoms with Crippen molar-refractivity contribution < 1.29 is 4.74 Å². The Kier molecular flexibility index (Phi) is 4.66. The topological polar surface area (TPSA) is 33.3 Å². The van der Waals surface area contributed by atoms with Crippen LogP contribution >= 0.6 is 11.6 Å². The molecule has 1 fully saturated rings. The number of rotatable bonds is 5. The van der Waals surface area contributed by atoms with Crippen LogP contribution in [-0.2, 0) is 6.54 Å². The number of ether oxygens (including phenoxy) is 1. The molecule has 1 aromatic carbocycles. The molecule has 0 amide bonds. The highest BCUT2D eigenvalue weighted by atomic mass is 35.5. The second-order valence-corrected chi connectivity index (χ2v) is 4.87. The summed E-state index contributed by atoms with van der Waals surface area (Å²) in [5.74, 6) is 1.50. The van der Waals surface area contributed by atoms with Gasteiger partial charge in [-0.25, -0.2) is 0 Å². The second-order valence-electron chi connectivity index (χ2n) is 4.46. The molecule has 0 spiro atoms. The Morgan fingerprint density at radius 2 is 2.41 bits per heavy atom. The zero-order valence-electron chi connectivity index (χ0n) is 10.1. The molecule has 0 aliphatic carbocycles. The summed E-state index contributed by atoms with van der Waals surface area (Å²) in [5, 5.41) is 7.51. The van der Waals surface area contributed by atoms with E-state index in [2.05, 4.69) is 10.6 Å². The molecule has 1 unspecified atom stereocenters. The van der Waals surface area contributed by atoms with E-state index in [1.807, 2.05) is 18.2 Å². The average Bonchev–Trinajstić information content (AvgIpc) is 2.82. The minimum Gasteiger partial charge on any atom is -0.495 e. The molecule has 0 bridgehead atoms. The number of halogens is 1. The van der Waals surface area contributed by atoms with Gasteiger partial charge in [-0.3, -0.25) is 0 Å². The number of hydrogen-bond acceptors (Lipinski definition) is 3. The summed E-state index contributed by atoms with van der Waals surface area (Å²) < 4.78 is 5.13. The van der Waals surface area contributed by atoms with Crippen molar-refractivity contribution in [3.05, 3.63) is 28.8 Å². The molecule has 1 aliphatic heterocycles. The van der Waals surface area contributed by atoms with E-state index in [9.17, 15) is 0 Å². The maximum atomic E-state index is 6.07. The Morgan fingerprint density at radius 1 is 1.53 bits per heavy atom. The third-order valence-corrected chi connectivity index (χ3v) is 3.44. The van der Waals surface area contributed by atoms with Crippen LogP contribution in [0.3, 0.4) is 0 Å². The minimum absolute atomic E-state index is 0.675. The van der Waals surface area contributed by atoms with Gasteiger partial charge in [-0.05, 0) is 49.7 Å². The van der Waals surface area contributed by atoms with Crippen LogP contribution in [0.2, 0.25) is 5.02 Å². The van der Waals surface area contributed by atoms with Crippen LogP contribution in [0.25, 0.3) is 0 Å². The first-order valence-corrected chi connectivity index (χ1v) is 6.41. The van der Waals surface area contributed by atoms with E-state index in [1.54, 1.807) is 7.11 Å². The fraction of sp³-hybridized carbons (Fsp3) is 0.538. The maximum absolute atomic E-state index is 6.07. The fourth-order valence-electron chi connectivity index (χ4n) is 2.13. The van der Waals surface area contributed by atoms with Crippen molar-refractivity contribution in [2.75, 3.05) is 26.7 Å². The Labute approximate surface area is 107 Å². The lowest BCUT2D eigenvalue weighted by Crippen LogP contribution is -2.24. The number of nitrogens with one attached hydrogen (secondary N) is 2. The van der Waals surface area contributed by atoms with Crippen LogP contribution in [-0.4, -0.2) is 26.7 Å². The molecule has 94 valence electrons. The summed E-state index contributed by atoms with van der Waals surface area (Å²) in [6, 6.07) is 5.92. The van der Waals surface area contributed by atoms with E-state index in [1.165, 1.54) is 12.0 Å². The summed E-state index contributed by atoms with van der Waals surface area (Å²) in [4.78, 5) is 0. The molecule has 1 atom stereocenters. The van der Waals surface area contributed by atoms with E-state index in [4.69, 9.17) is 16.3 Å². The lowest BCUT2D eigenvalue weighted by Gasteiger charge is -2.11. The Balaban J connectivity index is 1.80. The highest BCUT2D eigenvalue weighted by molar-refractivity contribution is 6.32. The van der Waals surface area contributed by atoms with Gasteiger partial charge < -0.3 is 15.4 Å². The monoisotopic (exact) mass is 254 g/mol. The molecule has 4 heteroatoms. The molecule has 1 aliphatic rings. The van der Waals surface area contributed by atoms with Crippen molar-refractivity contribution in [3.8, 4) is 5.75 Å². The van der Waals surface area contributed by atoms with Gasteiger partial charge in [-0.15, -0.1) is 0 Å². The van der Waals surface area contributed by atoms with Gasteiger partial charge in [0.2, 0.25) is 0 Å². The normalized spacial score (nSPS) is 19.5. The van der Waals surface area contributed by atoms with Crippen LogP contribution in [0.5, 0.6) is 5.75 Å². The molecule has 2 N–H and O–H groups in total. The first kappa shape index (κ1) is 12.7. The number of hydrogen-bond donors (Lipinski definition) is 2. The van der Waals surface area contributed by atoms with E-state index in [0.29, 0.717) is 5.02 Å². The van der Waals surface area contributed by atoms with Crippen LogP contribution in [0.4, 0.5) is 0 Å². The van der Waals surface area contributed by atoms with Gasteiger partial charge >= 0.3 is 0 Å². The predicted molar refractivity (Wildman–Crippen MR) is 70.7 cm³/mol. The maximum Gasteiger partial charge on any atom is 0.137 e. The minimum atomic E-state index is 0.675. The number of benzene rings is 1. The fourth-order valence-corrected chi connectivity index (χ4v) is 2.41. The molecule has 0 radical (unpaired) electrons. The summed E-state index contributed by atoms with van der Waals surface area (Å²) in [5.41, 5.74) is 1.20. The summed E-state index contributed by atoms with van der Waals surface area (Å²) in [7, 11) is 1.63. The van der Waals surface area contributed by atoms with Crippen molar-refractivity contribution in [2.45, 2.75) is 13.0 Å². The van der Waals surface area contributed by atoms with Gasteiger partial charge in [-0.1, -0.05) is 17.7 Å². The third-order valence-electron chi connectivity index (χ3n) is 3.14. The van der Waals surface area contributed by atoms with Gasteiger partial charge in [0.05, 0.1) is 12.1 Å². The second kappa shape index (κ2) is 6.24. The van der Waals surface area contributed by atoms with Gasteiger partial charge in [0.15, 0.2) is 0 Å². The molecule has 1 heterocycles. The van der Waals surface area contributed by atoms with E-state index >= 15 is 0 Å². The average molecular weight is 255 g/mol. The first-order chi connectivity index (χ1) is 8.29. The lowest BCUT2D eigenvalue weighted by molar-refractivity contribution is 0.414. The smallest absolute Gasteiger partial charge is 0.137 e. The zero-order chi connectivity index (χ0) is 12.1. The van der Waals surface area contributed by atoms with Crippen molar-refractivity contribution in [2.24, 2.45) is 5.92 Å². The van der Waals surface area contributed by atoms with Gasteiger partial charge in [-0.2, -0.15) is 0 Å². The molecule has 17 heavy (non-hydrogen) atoms. The standard InChI is InChI=1S/C13H19ClN2O/c1-17-13-3-2-10(6-12(13)14)7-16-9-11-4-5-15-8-11/h2-3,6,11,15-16H,4-5,7-9H2,1H3. The van der Waals surface area contributed by atoms with Crippen LogP contribution in [0.15, 0.2) is 18.2 Å². The zero-order valence-corrected chi connectivity index (χ0v) is 10.9. The highest BCUT2D eigenvalue weighted by Crippen LogP contribution is 2.24. The van der Waals surface area contributed by atoms with E-state index in [-0.39, 0.29) is 0 Å². The molecular formula is C13H19ClN2O. The van der Waals surface area contributed by atoms with Crippen LogP contribution in [0.1, 0.15) is 12.0 Å². The molecule has 0 saturated carbocycles. The number of methoxy groups -OCH3 is 1.